The molecule has 2 saturated heterocycles. The Labute approximate surface area is 205 Å². The fourth-order valence-corrected chi connectivity index (χ4v) is 4.93. The van der Waals surface area contributed by atoms with Gasteiger partial charge in [0.1, 0.15) is 5.75 Å². The number of guanidine groups is 1. The van der Waals surface area contributed by atoms with Crippen molar-refractivity contribution in [2.45, 2.75) is 38.1 Å². The normalized spacial score (nSPS) is 23.2. The molecule has 0 aliphatic carbocycles. The van der Waals surface area contributed by atoms with Crippen LogP contribution in [0.1, 0.15) is 43.7 Å². The third-order valence-electron chi connectivity index (χ3n) is 6.77. The molecule has 2 unspecified atom stereocenters. The molecule has 31 heavy (non-hydrogen) atoms. The molecule has 0 amide bonds. The van der Waals surface area contributed by atoms with Gasteiger partial charge in [-0.15, -0.1) is 24.0 Å². The standard InChI is InChI=1S/C24H40N4O2.HI/c1-25-24(28(3)15-11-19-12-16-30-17-13-19)26-18-21-6-5-14-27(2)23(21)20-7-9-22(29-4)10-8-20;/h7-10,19,21,23H,5-6,11-18H2,1-4H3,(H,25,26);1H. The summed E-state index contributed by atoms with van der Waals surface area (Å²) >= 11 is 0. The van der Waals surface area contributed by atoms with Gasteiger partial charge in [-0.3, -0.25) is 9.89 Å². The molecule has 0 aromatic heterocycles. The van der Waals surface area contributed by atoms with Crippen molar-refractivity contribution < 1.29 is 9.47 Å². The van der Waals surface area contributed by atoms with Crippen molar-refractivity contribution in [1.29, 1.82) is 0 Å². The number of hydrogen-bond acceptors (Lipinski definition) is 4. The molecule has 7 heteroatoms. The van der Waals surface area contributed by atoms with Crippen LogP contribution in [0.2, 0.25) is 0 Å². The number of ether oxygens (including phenoxy) is 2. The van der Waals surface area contributed by atoms with E-state index in [-0.39, 0.29) is 24.0 Å². The van der Waals surface area contributed by atoms with Gasteiger partial charge in [-0.05, 0) is 75.2 Å². The van der Waals surface area contributed by atoms with Crippen LogP contribution in [0.4, 0.5) is 0 Å². The Morgan fingerprint density at radius 1 is 1.23 bits per heavy atom. The van der Waals surface area contributed by atoms with E-state index in [4.69, 9.17) is 9.47 Å². The minimum absolute atomic E-state index is 0. The Morgan fingerprint density at radius 3 is 2.58 bits per heavy atom. The van der Waals surface area contributed by atoms with Crippen molar-refractivity contribution in [3.05, 3.63) is 29.8 Å². The van der Waals surface area contributed by atoms with E-state index in [1.54, 1.807) is 7.11 Å². The Balaban J connectivity index is 0.00000341. The quantitative estimate of drug-likeness (QED) is 0.319. The second kappa shape index (κ2) is 13.5. The molecule has 0 saturated carbocycles. The summed E-state index contributed by atoms with van der Waals surface area (Å²) < 4.78 is 10.8. The summed E-state index contributed by atoms with van der Waals surface area (Å²) in [6.45, 7) is 4.96. The molecule has 6 nitrogen and oxygen atoms in total. The van der Waals surface area contributed by atoms with Crippen LogP contribution >= 0.6 is 24.0 Å². The summed E-state index contributed by atoms with van der Waals surface area (Å²) in [6.07, 6.45) is 6.07. The zero-order valence-corrected chi connectivity index (χ0v) is 22.0. The van der Waals surface area contributed by atoms with Crippen LogP contribution in [-0.4, -0.2) is 76.9 Å². The van der Waals surface area contributed by atoms with Crippen LogP contribution in [0.5, 0.6) is 5.75 Å². The average Bonchev–Trinajstić information content (AvgIpc) is 2.79. The summed E-state index contributed by atoms with van der Waals surface area (Å²) in [4.78, 5) is 9.33. The van der Waals surface area contributed by atoms with Crippen molar-refractivity contribution in [3.63, 3.8) is 0 Å². The predicted octanol–water partition coefficient (Wildman–Crippen LogP) is 4.02. The monoisotopic (exact) mass is 544 g/mol. The van der Waals surface area contributed by atoms with Gasteiger partial charge in [-0.25, -0.2) is 0 Å². The maximum atomic E-state index is 5.49. The van der Waals surface area contributed by atoms with Gasteiger partial charge >= 0.3 is 0 Å². The Bertz CT molecular complexity index is 664. The lowest BCUT2D eigenvalue weighted by Gasteiger charge is -2.40. The average molecular weight is 545 g/mol. The molecule has 1 N–H and O–H groups in total. The largest absolute Gasteiger partial charge is 0.497 e. The molecule has 1 aromatic carbocycles. The number of nitrogens with zero attached hydrogens (tertiary/aromatic N) is 3. The SMILES string of the molecule is CN=C(NCC1CCCN(C)C1c1ccc(OC)cc1)N(C)CCC1CCOCC1.I. The first kappa shape index (κ1) is 26.2. The topological polar surface area (TPSA) is 49.3 Å². The molecule has 1 aromatic rings. The number of hydrogen-bond donors (Lipinski definition) is 1. The number of halogens is 1. The molecule has 3 rings (SSSR count). The number of methoxy groups -OCH3 is 1. The number of piperidine rings is 1. The minimum Gasteiger partial charge on any atom is -0.497 e. The van der Waals surface area contributed by atoms with Crippen molar-refractivity contribution >= 4 is 29.9 Å². The van der Waals surface area contributed by atoms with E-state index in [0.717, 1.165) is 50.5 Å². The van der Waals surface area contributed by atoms with E-state index in [1.807, 2.05) is 7.05 Å². The van der Waals surface area contributed by atoms with E-state index in [9.17, 15) is 0 Å². The predicted molar refractivity (Wildman–Crippen MR) is 139 cm³/mol. The number of nitrogens with one attached hydrogen (secondary N) is 1. The first-order valence-corrected chi connectivity index (χ1v) is 11.5. The Hall–Kier alpha value is -1.06. The summed E-state index contributed by atoms with van der Waals surface area (Å²) in [6, 6.07) is 9.00. The minimum atomic E-state index is 0. The molecule has 0 radical (unpaired) electrons. The lowest BCUT2D eigenvalue weighted by atomic mass is 9.85. The fourth-order valence-electron chi connectivity index (χ4n) is 4.93. The van der Waals surface area contributed by atoms with E-state index < -0.39 is 0 Å². The highest BCUT2D eigenvalue weighted by molar-refractivity contribution is 14.0. The van der Waals surface area contributed by atoms with Gasteiger partial charge in [0.25, 0.3) is 0 Å². The zero-order chi connectivity index (χ0) is 21.3. The van der Waals surface area contributed by atoms with E-state index >= 15 is 0 Å². The summed E-state index contributed by atoms with van der Waals surface area (Å²) in [5.74, 6) is 3.26. The van der Waals surface area contributed by atoms with Gasteiger partial charge in [0.05, 0.1) is 7.11 Å². The second-order valence-corrected chi connectivity index (χ2v) is 8.80. The van der Waals surface area contributed by atoms with E-state index in [0.29, 0.717) is 12.0 Å². The first-order chi connectivity index (χ1) is 14.6. The number of aliphatic imine (C=N–C) groups is 1. The van der Waals surface area contributed by atoms with Crippen molar-refractivity contribution in [2.75, 3.05) is 61.1 Å². The molecular weight excluding hydrogens is 503 g/mol. The van der Waals surface area contributed by atoms with Gasteiger partial charge in [-0.2, -0.15) is 0 Å². The molecule has 2 aliphatic rings. The smallest absolute Gasteiger partial charge is 0.193 e. The molecule has 2 aliphatic heterocycles. The van der Waals surface area contributed by atoms with Crippen LogP contribution in [-0.2, 0) is 4.74 Å². The highest BCUT2D eigenvalue weighted by Crippen LogP contribution is 2.35. The lowest BCUT2D eigenvalue weighted by Crippen LogP contribution is -2.46. The molecule has 0 spiro atoms. The summed E-state index contributed by atoms with van der Waals surface area (Å²) in [7, 11) is 8.01. The molecule has 2 fully saturated rings. The third kappa shape index (κ3) is 7.49. The van der Waals surface area contributed by atoms with Gasteiger partial charge in [0.2, 0.25) is 0 Å². The maximum absolute atomic E-state index is 5.49. The van der Waals surface area contributed by atoms with Crippen LogP contribution in [0.15, 0.2) is 29.3 Å². The van der Waals surface area contributed by atoms with Gasteiger partial charge in [0.15, 0.2) is 5.96 Å². The molecule has 2 heterocycles. The molecule has 2 atom stereocenters. The molecular formula is C24H41IN4O2. The van der Waals surface area contributed by atoms with Crippen molar-refractivity contribution in [3.8, 4) is 5.75 Å². The number of benzene rings is 1. The number of rotatable bonds is 7. The van der Waals surface area contributed by atoms with Crippen molar-refractivity contribution in [2.24, 2.45) is 16.8 Å². The van der Waals surface area contributed by atoms with Crippen LogP contribution in [0.3, 0.4) is 0 Å². The maximum Gasteiger partial charge on any atom is 0.193 e. The van der Waals surface area contributed by atoms with Crippen LogP contribution in [0, 0.1) is 11.8 Å². The third-order valence-corrected chi connectivity index (χ3v) is 6.77. The van der Waals surface area contributed by atoms with E-state index in [1.165, 1.54) is 37.7 Å². The highest BCUT2D eigenvalue weighted by Gasteiger charge is 2.30. The van der Waals surface area contributed by atoms with Crippen LogP contribution < -0.4 is 10.1 Å². The second-order valence-electron chi connectivity index (χ2n) is 8.80. The lowest BCUT2D eigenvalue weighted by molar-refractivity contribution is 0.0625. The Morgan fingerprint density at radius 2 is 1.94 bits per heavy atom. The highest BCUT2D eigenvalue weighted by atomic mass is 127. The van der Waals surface area contributed by atoms with Gasteiger partial charge in [0, 0.05) is 46.4 Å². The van der Waals surface area contributed by atoms with Gasteiger partial charge < -0.3 is 19.7 Å². The summed E-state index contributed by atoms with van der Waals surface area (Å²) in [5.41, 5.74) is 1.37. The van der Waals surface area contributed by atoms with Gasteiger partial charge in [-0.1, -0.05) is 12.1 Å². The molecule has 0 bridgehead atoms. The fraction of sp³-hybridized carbons (Fsp3) is 0.708. The van der Waals surface area contributed by atoms with Crippen molar-refractivity contribution in [1.82, 2.24) is 15.1 Å². The first-order valence-electron chi connectivity index (χ1n) is 11.5. The van der Waals surface area contributed by atoms with Crippen LogP contribution in [0.25, 0.3) is 0 Å². The summed E-state index contributed by atoms with van der Waals surface area (Å²) in [5, 5.41) is 3.67. The molecule has 176 valence electrons. The van der Waals surface area contributed by atoms with E-state index in [2.05, 4.69) is 58.5 Å². The number of likely N-dealkylation sites (tertiary alicyclic amines) is 1. The zero-order valence-electron chi connectivity index (χ0n) is 19.7. The Kier molecular flexibility index (Phi) is 11.4.